The molecule has 0 saturated carbocycles. The van der Waals surface area contributed by atoms with Crippen molar-refractivity contribution in [3.63, 3.8) is 0 Å². The van der Waals surface area contributed by atoms with E-state index < -0.39 is 60.6 Å². The Morgan fingerprint density at radius 1 is 0.800 bits per heavy atom. The minimum Gasteiger partial charge on any atom is -0.480 e. The summed E-state index contributed by atoms with van der Waals surface area (Å²) in [6.45, 7) is 7.88. The van der Waals surface area contributed by atoms with Crippen molar-refractivity contribution >= 4 is 23.7 Å². The summed E-state index contributed by atoms with van der Waals surface area (Å²) in [5, 5.41) is 34.9. The zero-order valence-electron chi connectivity index (χ0n) is 18.2. The summed E-state index contributed by atoms with van der Waals surface area (Å²) in [5.41, 5.74) is 5.86. The van der Waals surface area contributed by atoms with E-state index in [1.807, 2.05) is 27.7 Å². The van der Waals surface area contributed by atoms with E-state index in [1.54, 1.807) is 0 Å². The number of hydrogen-bond acceptors (Lipinski definition) is 7. The first-order valence-electron chi connectivity index (χ1n) is 9.98. The quantitative estimate of drug-likeness (QED) is 0.179. The zero-order valence-corrected chi connectivity index (χ0v) is 18.2. The van der Waals surface area contributed by atoms with Crippen LogP contribution in [0.15, 0.2) is 0 Å². The van der Waals surface area contributed by atoms with Gasteiger partial charge in [0.05, 0.1) is 18.8 Å². The second-order valence-corrected chi connectivity index (χ2v) is 8.24. The molecule has 0 aromatic rings. The largest absolute Gasteiger partial charge is 0.480 e. The van der Waals surface area contributed by atoms with Crippen molar-refractivity contribution in [2.45, 2.75) is 77.7 Å². The molecule has 0 saturated heterocycles. The molecule has 5 atom stereocenters. The number of aliphatic hydroxyl groups is 2. The first-order valence-corrected chi connectivity index (χ1v) is 9.98. The maximum absolute atomic E-state index is 12.7. The van der Waals surface area contributed by atoms with Crippen molar-refractivity contribution in [2.24, 2.45) is 17.6 Å². The van der Waals surface area contributed by atoms with E-state index in [-0.39, 0.29) is 18.3 Å². The third-order valence-electron chi connectivity index (χ3n) is 4.26. The van der Waals surface area contributed by atoms with Gasteiger partial charge in [-0.05, 0) is 31.6 Å². The maximum Gasteiger partial charge on any atom is 0.328 e. The van der Waals surface area contributed by atoms with E-state index >= 15 is 0 Å². The number of carboxylic acids is 1. The Kier molecular flexibility index (Phi) is 12.2. The molecule has 0 aromatic heterocycles. The molecular weight excluding hydrogens is 396 g/mol. The fourth-order valence-electron chi connectivity index (χ4n) is 2.71. The number of carboxylic acid groups (broad SMARTS) is 1. The summed E-state index contributed by atoms with van der Waals surface area (Å²) in [5.74, 6) is -3.46. The summed E-state index contributed by atoms with van der Waals surface area (Å²) in [6.07, 6.45) is -0.701. The number of hydrogen-bond donors (Lipinski definition) is 7. The average Bonchev–Trinajstić information content (AvgIpc) is 2.61. The second-order valence-electron chi connectivity index (χ2n) is 8.24. The first kappa shape index (κ1) is 27.8. The average molecular weight is 433 g/mol. The van der Waals surface area contributed by atoms with Gasteiger partial charge in [0, 0.05) is 0 Å². The van der Waals surface area contributed by atoms with E-state index in [2.05, 4.69) is 16.0 Å². The van der Waals surface area contributed by atoms with Crippen LogP contribution in [0.1, 0.15) is 47.5 Å². The van der Waals surface area contributed by atoms with Gasteiger partial charge >= 0.3 is 5.97 Å². The molecule has 0 radical (unpaired) electrons. The van der Waals surface area contributed by atoms with Crippen molar-refractivity contribution in [2.75, 3.05) is 6.61 Å². The fraction of sp³-hybridized carbons (Fsp3) is 0.789. The Morgan fingerprint density at radius 2 is 1.27 bits per heavy atom. The van der Waals surface area contributed by atoms with Crippen LogP contribution >= 0.6 is 0 Å². The summed E-state index contributed by atoms with van der Waals surface area (Å²) in [7, 11) is 0. The van der Waals surface area contributed by atoms with Gasteiger partial charge in [-0.2, -0.15) is 0 Å². The Morgan fingerprint density at radius 3 is 1.67 bits per heavy atom. The highest BCUT2D eigenvalue weighted by Gasteiger charge is 2.31. The SMILES string of the molecule is CC(C)CC(N)C(=O)NC(CC(C)C)C(=O)NC(CO)C(=O)NC(C(=O)O)C(C)O. The highest BCUT2D eigenvalue weighted by Crippen LogP contribution is 2.08. The number of amides is 3. The van der Waals surface area contributed by atoms with Gasteiger partial charge in [-0.3, -0.25) is 14.4 Å². The van der Waals surface area contributed by atoms with Gasteiger partial charge in [0.1, 0.15) is 12.1 Å². The van der Waals surface area contributed by atoms with E-state index in [1.165, 1.54) is 6.92 Å². The monoisotopic (exact) mass is 432 g/mol. The third kappa shape index (κ3) is 9.99. The summed E-state index contributed by atoms with van der Waals surface area (Å²) < 4.78 is 0. The zero-order chi connectivity index (χ0) is 23.6. The van der Waals surface area contributed by atoms with Crippen molar-refractivity contribution in [1.82, 2.24) is 16.0 Å². The van der Waals surface area contributed by atoms with Gasteiger partial charge < -0.3 is 37.0 Å². The van der Waals surface area contributed by atoms with Crippen molar-refractivity contribution < 1.29 is 34.5 Å². The Labute approximate surface area is 176 Å². The van der Waals surface area contributed by atoms with Crippen LogP contribution in [0.3, 0.4) is 0 Å². The Hall–Kier alpha value is -2.24. The van der Waals surface area contributed by atoms with E-state index in [9.17, 15) is 29.4 Å². The highest BCUT2D eigenvalue weighted by atomic mass is 16.4. The van der Waals surface area contributed by atoms with Crippen molar-refractivity contribution in [1.29, 1.82) is 0 Å². The van der Waals surface area contributed by atoms with E-state index in [0.717, 1.165) is 0 Å². The van der Waals surface area contributed by atoms with Crippen LogP contribution in [0.2, 0.25) is 0 Å². The molecule has 3 amide bonds. The van der Waals surface area contributed by atoms with Gasteiger partial charge in [0.25, 0.3) is 0 Å². The molecule has 0 aliphatic heterocycles. The van der Waals surface area contributed by atoms with Crippen LogP contribution in [0.25, 0.3) is 0 Å². The normalized spacial score (nSPS) is 16.3. The molecule has 8 N–H and O–H groups in total. The van der Waals surface area contributed by atoms with Gasteiger partial charge in [-0.15, -0.1) is 0 Å². The van der Waals surface area contributed by atoms with Crippen LogP contribution in [-0.4, -0.2) is 75.9 Å². The predicted octanol–water partition coefficient (Wildman–Crippen LogP) is -1.68. The van der Waals surface area contributed by atoms with Gasteiger partial charge in [0.15, 0.2) is 6.04 Å². The molecule has 0 heterocycles. The molecule has 0 aliphatic rings. The van der Waals surface area contributed by atoms with Crippen molar-refractivity contribution in [3.05, 3.63) is 0 Å². The molecule has 0 bridgehead atoms. The third-order valence-corrected chi connectivity index (χ3v) is 4.26. The first-order chi connectivity index (χ1) is 13.8. The lowest BCUT2D eigenvalue weighted by atomic mass is 10.0. The Bertz CT molecular complexity index is 595. The second kappa shape index (κ2) is 13.1. The molecule has 0 fully saturated rings. The molecule has 5 unspecified atom stereocenters. The minimum atomic E-state index is -1.61. The molecule has 0 spiro atoms. The molecule has 30 heavy (non-hydrogen) atoms. The molecule has 0 rings (SSSR count). The summed E-state index contributed by atoms with van der Waals surface area (Å²) in [6, 6.07) is -4.87. The molecular formula is C19H36N4O7. The number of nitrogens with one attached hydrogen (secondary N) is 3. The highest BCUT2D eigenvalue weighted by molar-refractivity contribution is 5.94. The van der Waals surface area contributed by atoms with Gasteiger partial charge in [-0.25, -0.2) is 4.79 Å². The maximum atomic E-state index is 12.7. The number of aliphatic hydroxyl groups excluding tert-OH is 2. The lowest BCUT2D eigenvalue weighted by molar-refractivity contribution is -0.145. The molecule has 0 aliphatic carbocycles. The standard InChI is InChI=1S/C19H36N4O7/c1-9(2)6-12(20)16(26)21-13(7-10(3)4)17(27)22-14(8-24)18(28)23-15(11(5)25)19(29)30/h9-15,24-25H,6-8,20H2,1-5H3,(H,21,26)(H,22,27)(H,23,28)(H,29,30). The molecule has 0 aromatic carbocycles. The lowest BCUT2D eigenvalue weighted by Gasteiger charge is -2.26. The van der Waals surface area contributed by atoms with Crippen LogP contribution in [-0.2, 0) is 19.2 Å². The van der Waals surface area contributed by atoms with Crippen LogP contribution in [0.5, 0.6) is 0 Å². The number of rotatable bonds is 13. The predicted molar refractivity (Wildman–Crippen MR) is 109 cm³/mol. The van der Waals surface area contributed by atoms with Crippen LogP contribution in [0.4, 0.5) is 0 Å². The summed E-state index contributed by atoms with van der Waals surface area (Å²) >= 11 is 0. The smallest absolute Gasteiger partial charge is 0.328 e. The lowest BCUT2D eigenvalue weighted by Crippen LogP contribution is -2.59. The number of aliphatic carboxylic acids is 1. The van der Waals surface area contributed by atoms with E-state index in [4.69, 9.17) is 10.8 Å². The molecule has 174 valence electrons. The van der Waals surface area contributed by atoms with Crippen LogP contribution < -0.4 is 21.7 Å². The van der Waals surface area contributed by atoms with Gasteiger partial charge in [0.2, 0.25) is 17.7 Å². The minimum absolute atomic E-state index is 0.0235. The van der Waals surface area contributed by atoms with Crippen LogP contribution in [0, 0.1) is 11.8 Å². The number of carbonyl (C=O) groups is 4. The number of nitrogens with two attached hydrogens (primary N) is 1. The van der Waals surface area contributed by atoms with Crippen molar-refractivity contribution in [3.8, 4) is 0 Å². The van der Waals surface area contributed by atoms with Gasteiger partial charge in [-0.1, -0.05) is 27.7 Å². The number of carbonyl (C=O) groups excluding carboxylic acids is 3. The molecule has 11 heteroatoms. The topological polar surface area (TPSA) is 191 Å². The fourth-order valence-corrected chi connectivity index (χ4v) is 2.71. The summed E-state index contributed by atoms with van der Waals surface area (Å²) in [4.78, 5) is 48.4. The van der Waals surface area contributed by atoms with E-state index in [0.29, 0.717) is 6.42 Å². The molecule has 11 nitrogen and oxygen atoms in total. The Balaban J connectivity index is 5.23.